The van der Waals surface area contributed by atoms with E-state index in [0.717, 1.165) is 25.7 Å². The molecule has 98 valence electrons. The predicted octanol–water partition coefficient (Wildman–Crippen LogP) is 2.78. The Bertz CT molecular complexity index is 171. The van der Waals surface area contributed by atoms with Gasteiger partial charge in [0.05, 0.1) is 6.54 Å². The molecule has 0 aromatic carbocycles. The lowest BCUT2D eigenvalue weighted by molar-refractivity contribution is -0.146. The second-order valence-corrected chi connectivity index (χ2v) is 4.25. The third-order valence-electron chi connectivity index (χ3n) is 2.36. The third kappa shape index (κ3) is 8.97. The first-order valence-corrected chi connectivity index (χ1v) is 5.93. The van der Waals surface area contributed by atoms with E-state index in [4.69, 9.17) is 5.73 Å². The summed E-state index contributed by atoms with van der Waals surface area (Å²) in [5, 5.41) is 0. The summed E-state index contributed by atoms with van der Waals surface area (Å²) in [5.74, 6) is 0. The molecule has 0 saturated heterocycles. The summed E-state index contributed by atoms with van der Waals surface area (Å²) in [5.41, 5.74) is 5.80. The van der Waals surface area contributed by atoms with Gasteiger partial charge in [-0.3, -0.25) is 4.90 Å². The summed E-state index contributed by atoms with van der Waals surface area (Å²) in [4.78, 5) is 1.40. The van der Waals surface area contributed by atoms with Crippen LogP contribution in [0, 0.1) is 0 Å². The first-order chi connectivity index (χ1) is 7.39. The van der Waals surface area contributed by atoms with Crippen molar-refractivity contribution in [1.29, 1.82) is 0 Å². The minimum absolute atomic E-state index is 0.145. The Labute approximate surface area is 96.0 Å². The molecule has 0 aliphatic rings. The van der Waals surface area contributed by atoms with Gasteiger partial charge in [-0.2, -0.15) is 13.2 Å². The highest BCUT2D eigenvalue weighted by atomic mass is 19.4. The zero-order chi connectivity index (χ0) is 12.6. The standard InChI is InChI=1S/C11H23F3N2/c1-3-5-6-10(15)8-16(7-4-2)9-11(12,13)14/h10H,3-9,15H2,1-2H3. The molecule has 0 fully saturated rings. The highest BCUT2D eigenvalue weighted by molar-refractivity contribution is 4.70. The van der Waals surface area contributed by atoms with Crippen molar-refractivity contribution in [3.63, 3.8) is 0 Å². The van der Waals surface area contributed by atoms with Crippen LogP contribution in [0.25, 0.3) is 0 Å². The lowest BCUT2D eigenvalue weighted by Gasteiger charge is -2.26. The minimum atomic E-state index is -4.13. The fourth-order valence-electron chi connectivity index (χ4n) is 1.69. The number of nitrogens with two attached hydrogens (primary N) is 1. The zero-order valence-corrected chi connectivity index (χ0v) is 10.2. The van der Waals surface area contributed by atoms with Gasteiger partial charge in [-0.05, 0) is 19.4 Å². The van der Waals surface area contributed by atoms with Crippen molar-refractivity contribution in [2.45, 2.75) is 51.7 Å². The van der Waals surface area contributed by atoms with Gasteiger partial charge in [0.2, 0.25) is 0 Å². The van der Waals surface area contributed by atoms with Crippen molar-refractivity contribution in [3.8, 4) is 0 Å². The van der Waals surface area contributed by atoms with Gasteiger partial charge in [0, 0.05) is 12.6 Å². The van der Waals surface area contributed by atoms with E-state index in [9.17, 15) is 13.2 Å². The van der Waals surface area contributed by atoms with E-state index >= 15 is 0 Å². The molecule has 0 aliphatic carbocycles. The molecule has 16 heavy (non-hydrogen) atoms. The quantitative estimate of drug-likeness (QED) is 0.707. The van der Waals surface area contributed by atoms with Gasteiger partial charge >= 0.3 is 6.18 Å². The van der Waals surface area contributed by atoms with Crippen molar-refractivity contribution in [2.75, 3.05) is 19.6 Å². The summed E-state index contributed by atoms with van der Waals surface area (Å²) >= 11 is 0. The Morgan fingerprint density at radius 2 is 1.81 bits per heavy atom. The summed E-state index contributed by atoms with van der Waals surface area (Å²) in [6.45, 7) is 3.88. The van der Waals surface area contributed by atoms with Crippen LogP contribution < -0.4 is 5.73 Å². The Morgan fingerprint density at radius 3 is 2.25 bits per heavy atom. The minimum Gasteiger partial charge on any atom is -0.327 e. The number of hydrogen-bond donors (Lipinski definition) is 1. The van der Waals surface area contributed by atoms with E-state index in [1.165, 1.54) is 4.90 Å². The summed E-state index contributed by atoms with van der Waals surface area (Å²) in [7, 11) is 0. The SMILES string of the molecule is CCCCC(N)CN(CCC)CC(F)(F)F. The molecule has 0 spiro atoms. The van der Waals surface area contributed by atoms with Crippen LogP contribution in [0.15, 0.2) is 0 Å². The zero-order valence-electron chi connectivity index (χ0n) is 10.2. The maximum atomic E-state index is 12.2. The van der Waals surface area contributed by atoms with Crippen LogP contribution in [0.3, 0.4) is 0 Å². The fraction of sp³-hybridized carbons (Fsp3) is 1.00. The highest BCUT2D eigenvalue weighted by Crippen LogP contribution is 2.17. The maximum Gasteiger partial charge on any atom is 0.401 e. The van der Waals surface area contributed by atoms with E-state index in [-0.39, 0.29) is 6.04 Å². The van der Waals surface area contributed by atoms with Crippen LogP contribution in [0.4, 0.5) is 13.2 Å². The largest absolute Gasteiger partial charge is 0.401 e. The molecule has 0 aromatic heterocycles. The van der Waals surface area contributed by atoms with Crippen LogP contribution in [-0.4, -0.2) is 36.8 Å². The van der Waals surface area contributed by atoms with Gasteiger partial charge in [0.1, 0.15) is 0 Å². The number of halogens is 3. The Hall–Kier alpha value is -0.290. The van der Waals surface area contributed by atoms with Crippen molar-refractivity contribution in [1.82, 2.24) is 4.90 Å². The number of hydrogen-bond acceptors (Lipinski definition) is 2. The molecule has 2 nitrogen and oxygen atoms in total. The van der Waals surface area contributed by atoms with E-state index in [1.54, 1.807) is 0 Å². The van der Waals surface area contributed by atoms with Crippen LogP contribution in [-0.2, 0) is 0 Å². The molecule has 0 amide bonds. The van der Waals surface area contributed by atoms with E-state index in [1.807, 2.05) is 13.8 Å². The van der Waals surface area contributed by atoms with Crippen molar-refractivity contribution in [3.05, 3.63) is 0 Å². The van der Waals surface area contributed by atoms with E-state index < -0.39 is 12.7 Å². The van der Waals surface area contributed by atoms with Gasteiger partial charge in [0.15, 0.2) is 0 Å². The van der Waals surface area contributed by atoms with Crippen molar-refractivity contribution < 1.29 is 13.2 Å². The molecule has 0 aliphatic heterocycles. The Kier molecular flexibility index (Phi) is 7.76. The molecule has 5 heteroatoms. The number of rotatable bonds is 8. The van der Waals surface area contributed by atoms with Gasteiger partial charge in [-0.15, -0.1) is 0 Å². The lowest BCUT2D eigenvalue weighted by Crippen LogP contribution is -2.42. The maximum absolute atomic E-state index is 12.2. The molecular formula is C11H23F3N2. The summed E-state index contributed by atoms with van der Waals surface area (Å²) < 4.78 is 36.7. The van der Waals surface area contributed by atoms with Crippen LogP contribution in [0.2, 0.25) is 0 Å². The molecule has 1 atom stereocenters. The molecule has 2 N–H and O–H groups in total. The lowest BCUT2D eigenvalue weighted by atomic mass is 10.1. The Morgan fingerprint density at radius 1 is 1.19 bits per heavy atom. The van der Waals surface area contributed by atoms with Crippen LogP contribution >= 0.6 is 0 Å². The Balaban J connectivity index is 4.01. The van der Waals surface area contributed by atoms with Crippen molar-refractivity contribution >= 4 is 0 Å². The van der Waals surface area contributed by atoms with Gasteiger partial charge in [-0.1, -0.05) is 26.7 Å². The number of nitrogens with zero attached hydrogens (tertiary/aromatic N) is 1. The molecule has 0 aromatic rings. The summed E-state index contributed by atoms with van der Waals surface area (Å²) in [6.07, 6.45) is -0.599. The number of unbranched alkanes of at least 4 members (excludes halogenated alkanes) is 1. The molecule has 0 radical (unpaired) electrons. The molecule has 0 heterocycles. The molecule has 0 rings (SSSR count). The molecule has 0 bridgehead atoms. The first-order valence-electron chi connectivity index (χ1n) is 5.93. The van der Waals surface area contributed by atoms with Crippen molar-refractivity contribution in [2.24, 2.45) is 5.73 Å². The second kappa shape index (κ2) is 7.90. The normalized spacial score (nSPS) is 14.4. The molecule has 0 saturated carbocycles. The summed E-state index contributed by atoms with van der Waals surface area (Å²) in [6, 6.07) is -0.145. The highest BCUT2D eigenvalue weighted by Gasteiger charge is 2.30. The first kappa shape index (κ1) is 15.7. The molecular weight excluding hydrogens is 217 g/mol. The molecule has 1 unspecified atom stereocenters. The van der Waals surface area contributed by atoms with Gasteiger partial charge in [-0.25, -0.2) is 0 Å². The van der Waals surface area contributed by atoms with Crippen LogP contribution in [0.5, 0.6) is 0 Å². The monoisotopic (exact) mass is 240 g/mol. The average molecular weight is 240 g/mol. The smallest absolute Gasteiger partial charge is 0.327 e. The fourth-order valence-corrected chi connectivity index (χ4v) is 1.69. The average Bonchev–Trinajstić information content (AvgIpc) is 2.12. The van der Waals surface area contributed by atoms with E-state index in [2.05, 4.69) is 0 Å². The topological polar surface area (TPSA) is 29.3 Å². The third-order valence-corrected chi connectivity index (χ3v) is 2.36. The van der Waals surface area contributed by atoms with Gasteiger partial charge in [0.25, 0.3) is 0 Å². The van der Waals surface area contributed by atoms with Crippen LogP contribution in [0.1, 0.15) is 39.5 Å². The van der Waals surface area contributed by atoms with E-state index in [0.29, 0.717) is 13.1 Å². The van der Waals surface area contributed by atoms with Gasteiger partial charge < -0.3 is 5.73 Å². The number of alkyl halides is 3. The second-order valence-electron chi connectivity index (χ2n) is 4.25. The predicted molar refractivity (Wildman–Crippen MR) is 60.3 cm³/mol.